The van der Waals surface area contributed by atoms with Gasteiger partial charge in [-0.2, -0.15) is 0 Å². The second-order valence-electron chi connectivity index (χ2n) is 38.1. The molecule has 0 atom stereocenters. The van der Waals surface area contributed by atoms with E-state index in [2.05, 4.69) is 482 Å². The van der Waals surface area contributed by atoms with Crippen LogP contribution in [0.3, 0.4) is 0 Å². The van der Waals surface area contributed by atoms with E-state index in [0.717, 1.165) is 84.4 Å². The summed E-state index contributed by atoms with van der Waals surface area (Å²) in [7, 11) is 0. The number of rotatable bonds is 15. The first-order valence-corrected chi connectivity index (χ1v) is 50.9. The lowest BCUT2D eigenvalue weighted by molar-refractivity contribution is 1.07. The molecule has 0 bridgehead atoms. The van der Waals surface area contributed by atoms with Crippen LogP contribution in [0.1, 0.15) is 0 Å². The van der Waals surface area contributed by atoms with Crippen LogP contribution in [0.15, 0.2) is 552 Å². The van der Waals surface area contributed by atoms with Crippen molar-refractivity contribution in [3.63, 3.8) is 0 Å². The molecule has 0 unspecified atom stereocenters. The maximum Gasteiger partial charge on any atom is 0.164 e. The summed E-state index contributed by atoms with van der Waals surface area (Å²) in [5, 5.41) is 14.8. The maximum atomic E-state index is 5.08. The second kappa shape index (κ2) is 37.2. The summed E-state index contributed by atoms with van der Waals surface area (Å²) >= 11 is 0. The first-order valence-electron chi connectivity index (χ1n) is 50.9. The van der Waals surface area contributed by atoms with Crippen molar-refractivity contribution in [2.75, 3.05) is 0 Å². The Morgan fingerprint density at radius 1 is 0.107 bits per heavy atom. The SMILES string of the molecule is c1ccc(-c2cc(-c3ccccc3)cc(-c3ccc(-n4c5ccccc5c5ccc6c7ccccc7n(-c7ccccc7)c6c54)cc3)c2)cc1.c1ccc(-c2cc(-c3ccccc3)nc(-c3ccc(-n4c5ccccc5c5ccc6c7ccccc7n(-c7ccccc7)c6c54)cc3)n2)cc1.c1ccc(-c2nc(-c3ccccc3)nc(-c3ccc(-n4c5ccccc5c5ccc6c7ccccc7n(-c7ccccc7)c6c54)cc3)n2)cc1. The molecule has 0 fully saturated rings. The van der Waals surface area contributed by atoms with E-state index in [9.17, 15) is 0 Å². The van der Waals surface area contributed by atoms with E-state index in [-0.39, 0.29) is 0 Å². The minimum absolute atomic E-state index is 0.637. The largest absolute Gasteiger partial charge is 0.307 e. The number of hydrogen-bond donors (Lipinski definition) is 0. The summed E-state index contributed by atoms with van der Waals surface area (Å²) in [5.74, 6) is 2.64. The van der Waals surface area contributed by atoms with Gasteiger partial charge in [-0.25, -0.2) is 24.9 Å². The van der Waals surface area contributed by atoms with E-state index in [0.29, 0.717) is 23.3 Å². The number of para-hydroxylation sites is 9. The van der Waals surface area contributed by atoms with Crippen molar-refractivity contribution in [3.8, 4) is 136 Å². The predicted octanol–water partition coefficient (Wildman–Crippen LogP) is 35.6. The van der Waals surface area contributed by atoms with Gasteiger partial charge in [0.2, 0.25) is 0 Å². The third-order valence-corrected chi connectivity index (χ3v) is 29.4. The van der Waals surface area contributed by atoms with Gasteiger partial charge in [-0.15, -0.1) is 0 Å². The maximum absolute atomic E-state index is 5.08. The van der Waals surface area contributed by atoms with Gasteiger partial charge in [-0.3, -0.25) is 0 Å². The molecule has 30 rings (SSSR count). The number of aromatic nitrogens is 11. The number of nitrogens with zero attached hydrogens (tertiary/aromatic N) is 11. The van der Waals surface area contributed by atoms with Crippen LogP contribution in [0.4, 0.5) is 0 Å². The minimum atomic E-state index is 0.637. The Balaban J connectivity index is 0.000000108. The van der Waals surface area contributed by atoms with Crippen molar-refractivity contribution in [2.24, 2.45) is 0 Å². The number of hydrogen-bond acceptors (Lipinski definition) is 5. The highest BCUT2D eigenvalue weighted by molar-refractivity contribution is 6.27. The van der Waals surface area contributed by atoms with E-state index < -0.39 is 0 Å². The standard InChI is InChI=1S/C48H32N2.C46H30N4.C45H29N5/c1-4-14-33(15-5-1)36-30-37(34-16-6-2-7-17-34)32-38(31-36)35-24-26-40(27-25-35)50-46-23-13-11-21-42(46)44-29-28-43-41-20-10-12-22-45(41)49(47(43)48(44)50)39-18-8-3-9-19-39;1-4-14-31(15-5-1)40-30-41(32-16-6-2-7-17-32)48-46(47-40)33-24-26-35(27-25-33)50-43-23-13-11-21-37(43)39-29-28-38-36-20-10-12-22-42(36)49(44(38)45(39)50)34-18-8-3-9-19-34;1-4-14-30(15-5-1)43-46-44(31-16-6-2-7-17-31)48-45(47-43)32-24-26-34(27-25-32)50-40-23-13-11-21-36(40)38-29-28-37-35-20-10-12-22-39(35)49(41(37)42(38)50)33-18-8-3-9-19-33/h1-32H;1-30H;1-29H. The zero-order valence-corrected chi connectivity index (χ0v) is 81.5. The van der Waals surface area contributed by atoms with Crippen molar-refractivity contribution < 1.29 is 0 Å². The second-order valence-corrected chi connectivity index (χ2v) is 38.1. The van der Waals surface area contributed by atoms with Crippen molar-refractivity contribution in [3.05, 3.63) is 552 Å². The highest BCUT2D eigenvalue weighted by Gasteiger charge is 2.28. The molecule has 0 spiro atoms. The molecule has 0 saturated heterocycles. The van der Waals surface area contributed by atoms with Crippen molar-refractivity contribution in [1.82, 2.24) is 52.3 Å². The molecule has 11 heteroatoms. The van der Waals surface area contributed by atoms with Gasteiger partial charge in [0.15, 0.2) is 23.3 Å². The molecule has 30 aromatic rings. The van der Waals surface area contributed by atoms with E-state index in [1.54, 1.807) is 0 Å². The third kappa shape index (κ3) is 15.3. The molecule has 702 valence electrons. The Morgan fingerprint density at radius 3 is 0.507 bits per heavy atom. The Bertz CT molecular complexity index is 9270. The van der Waals surface area contributed by atoms with Crippen LogP contribution in [0, 0.1) is 0 Å². The Hall–Kier alpha value is -20.3. The molecule has 0 amide bonds. The minimum Gasteiger partial charge on any atom is -0.307 e. The molecule has 0 aliphatic heterocycles. The Morgan fingerprint density at radius 2 is 0.273 bits per heavy atom. The fourth-order valence-electron chi connectivity index (χ4n) is 22.6. The first kappa shape index (κ1) is 87.5. The molecule has 8 aromatic heterocycles. The molecule has 0 aliphatic carbocycles. The van der Waals surface area contributed by atoms with E-state index in [1.807, 2.05) is 97.1 Å². The molecular weight excluding hydrogens is 1820 g/mol. The molecule has 22 aromatic carbocycles. The fraction of sp³-hybridized carbons (Fsp3) is 0. The van der Waals surface area contributed by atoms with Crippen LogP contribution < -0.4 is 0 Å². The lowest BCUT2D eigenvalue weighted by atomic mass is 9.93. The molecule has 0 saturated carbocycles. The zero-order chi connectivity index (χ0) is 99.1. The van der Waals surface area contributed by atoms with Crippen LogP contribution in [-0.2, 0) is 0 Å². The van der Waals surface area contributed by atoms with E-state index in [1.165, 1.54) is 159 Å². The van der Waals surface area contributed by atoms with Crippen LogP contribution in [-0.4, -0.2) is 52.3 Å². The molecule has 150 heavy (non-hydrogen) atoms. The van der Waals surface area contributed by atoms with Gasteiger partial charge in [0.1, 0.15) is 0 Å². The van der Waals surface area contributed by atoms with Crippen molar-refractivity contribution >= 4 is 131 Å². The fourth-order valence-corrected chi connectivity index (χ4v) is 22.6. The van der Waals surface area contributed by atoms with Gasteiger partial charge < -0.3 is 27.4 Å². The van der Waals surface area contributed by atoms with Crippen molar-refractivity contribution in [2.45, 2.75) is 0 Å². The quantitative estimate of drug-likeness (QED) is 0.102. The van der Waals surface area contributed by atoms with Gasteiger partial charge in [0, 0.05) is 132 Å². The molecule has 8 heterocycles. The topological polar surface area (TPSA) is 94.0 Å². The average Bonchev–Trinajstić information content (AvgIpc) is 1.55. The van der Waals surface area contributed by atoms with Crippen LogP contribution in [0.25, 0.3) is 266 Å². The lowest BCUT2D eigenvalue weighted by Gasteiger charge is -2.14. The average molecular weight is 1920 g/mol. The lowest BCUT2D eigenvalue weighted by Crippen LogP contribution is -2.01. The van der Waals surface area contributed by atoms with E-state index >= 15 is 0 Å². The Labute approximate surface area is 864 Å². The third-order valence-electron chi connectivity index (χ3n) is 29.4. The van der Waals surface area contributed by atoms with Crippen molar-refractivity contribution in [1.29, 1.82) is 0 Å². The number of benzene rings is 22. The molecule has 0 aliphatic rings. The number of fused-ring (bicyclic) bond motifs is 21. The summed E-state index contributed by atoms with van der Waals surface area (Å²) in [5.41, 5.74) is 36.0. The monoisotopic (exact) mass is 1910 g/mol. The van der Waals surface area contributed by atoms with Crippen LogP contribution >= 0.6 is 0 Å². The highest BCUT2D eigenvalue weighted by Crippen LogP contribution is 2.48. The Kier molecular flexibility index (Phi) is 21.7. The molecule has 0 radical (unpaired) electrons. The summed E-state index contributed by atoms with van der Waals surface area (Å²) in [6.07, 6.45) is 0. The zero-order valence-electron chi connectivity index (χ0n) is 81.5. The summed E-state index contributed by atoms with van der Waals surface area (Å²) in [6, 6.07) is 196. The normalized spacial score (nSPS) is 11.6. The van der Waals surface area contributed by atoms with Gasteiger partial charge in [-0.1, -0.05) is 394 Å². The molecule has 0 N–H and O–H groups in total. The smallest absolute Gasteiger partial charge is 0.164 e. The summed E-state index contributed by atoms with van der Waals surface area (Å²) in [4.78, 5) is 25.0. The predicted molar refractivity (Wildman–Crippen MR) is 623 cm³/mol. The highest BCUT2D eigenvalue weighted by atomic mass is 15.1. The molecular formula is C139H91N11. The van der Waals surface area contributed by atoms with Gasteiger partial charge in [0.05, 0.1) is 77.6 Å². The first-order chi connectivity index (χ1) is 74.4. The van der Waals surface area contributed by atoms with Gasteiger partial charge in [-0.05, 0) is 191 Å². The molecule has 11 nitrogen and oxygen atoms in total. The van der Waals surface area contributed by atoms with Gasteiger partial charge in [0.25, 0.3) is 0 Å². The van der Waals surface area contributed by atoms with Crippen LogP contribution in [0.2, 0.25) is 0 Å². The van der Waals surface area contributed by atoms with Crippen LogP contribution in [0.5, 0.6) is 0 Å². The summed E-state index contributed by atoms with van der Waals surface area (Å²) < 4.78 is 14.6. The van der Waals surface area contributed by atoms with E-state index in [4.69, 9.17) is 24.9 Å². The van der Waals surface area contributed by atoms with Gasteiger partial charge >= 0.3 is 0 Å². The summed E-state index contributed by atoms with van der Waals surface area (Å²) in [6.45, 7) is 0.